The van der Waals surface area contributed by atoms with Crippen molar-refractivity contribution in [3.05, 3.63) is 29.3 Å². The van der Waals surface area contributed by atoms with Crippen molar-refractivity contribution in [2.24, 2.45) is 5.16 Å². The molecule has 1 rings (SSSR count). The number of oxime groups is 1. The number of rotatable bonds is 4. The van der Waals surface area contributed by atoms with E-state index in [1.165, 1.54) is 0 Å². The summed E-state index contributed by atoms with van der Waals surface area (Å²) in [5.74, 6) is 0.319. The molecule has 0 radical (unpaired) electrons. The van der Waals surface area contributed by atoms with E-state index in [4.69, 9.17) is 9.94 Å². The SMILES string of the molecule is CNC(=O)COc1cc(C)ccc1C(C)=NO. The van der Waals surface area contributed by atoms with Crippen LogP contribution in [0.25, 0.3) is 0 Å². The number of benzene rings is 1. The minimum Gasteiger partial charge on any atom is -0.483 e. The summed E-state index contributed by atoms with van der Waals surface area (Å²) in [6.45, 7) is 3.52. The smallest absolute Gasteiger partial charge is 0.257 e. The molecule has 1 aromatic carbocycles. The summed E-state index contributed by atoms with van der Waals surface area (Å²) in [5, 5.41) is 14.4. The van der Waals surface area contributed by atoms with Crippen molar-refractivity contribution < 1.29 is 14.7 Å². The largest absolute Gasteiger partial charge is 0.483 e. The predicted molar refractivity (Wildman–Crippen MR) is 64.7 cm³/mol. The van der Waals surface area contributed by atoms with E-state index in [-0.39, 0.29) is 12.5 Å². The molecule has 0 bridgehead atoms. The van der Waals surface area contributed by atoms with Gasteiger partial charge in [0.15, 0.2) is 6.61 Å². The monoisotopic (exact) mass is 236 g/mol. The molecule has 0 aliphatic carbocycles. The highest BCUT2D eigenvalue weighted by Gasteiger charge is 2.09. The van der Waals surface area contributed by atoms with Gasteiger partial charge in [-0.15, -0.1) is 0 Å². The summed E-state index contributed by atoms with van der Waals surface area (Å²) < 4.78 is 5.39. The fourth-order valence-corrected chi connectivity index (χ4v) is 1.32. The summed E-state index contributed by atoms with van der Waals surface area (Å²) in [7, 11) is 1.54. The van der Waals surface area contributed by atoms with Crippen molar-refractivity contribution in [2.45, 2.75) is 13.8 Å². The average molecular weight is 236 g/mol. The van der Waals surface area contributed by atoms with Crippen LogP contribution in [0.3, 0.4) is 0 Å². The van der Waals surface area contributed by atoms with E-state index in [0.29, 0.717) is 17.0 Å². The molecule has 5 nitrogen and oxygen atoms in total. The number of likely N-dealkylation sites (N-methyl/N-ethyl adjacent to an activating group) is 1. The third-order valence-electron chi connectivity index (χ3n) is 2.31. The standard InChI is InChI=1S/C12H16N2O3/c1-8-4-5-10(9(2)14-16)11(6-8)17-7-12(15)13-3/h4-6,16H,7H2,1-3H3,(H,13,15). The zero-order valence-corrected chi connectivity index (χ0v) is 10.2. The Morgan fingerprint density at radius 1 is 1.53 bits per heavy atom. The molecule has 0 saturated heterocycles. The van der Waals surface area contributed by atoms with E-state index in [1.54, 1.807) is 26.1 Å². The maximum Gasteiger partial charge on any atom is 0.257 e. The van der Waals surface area contributed by atoms with Crippen LogP contribution in [0.5, 0.6) is 5.75 Å². The Labute approximate surface area is 100 Å². The van der Waals surface area contributed by atoms with Crippen LogP contribution in [-0.4, -0.2) is 30.5 Å². The van der Waals surface area contributed by atoms with E-state index >= 15 is 0 Å². The normalized spacial score (nSPS) is 11.1. The Morgan fingerprint density at radius 2 is 2.24 bits per heavy atom. The Kier molecular flexibility index (Phi) is 4.51. The van der Waals surface area contributed by atoms with Crippen LogP contribution in [-0.2, 0) is 4.79 Å². The molecule has 1 aromatic rings. The summed E-state index contributed by atoms with van der Waals surface area (Å²) in [6, 6.07) is 5.48. The molecule has 0 fully saturated rings. The van der Waals surface area contributed by atoms with Crippen molar-refractivity contribution in [3.8, 4) is 5.75 Å². The third-order valence-corrected chi connectivity index (χ3v) is 2.31. The second-order valence-corrected chi connectivity index (χ2v) is 3.65. The van der Waals surface area contributed by atoms with Gasteiger partial charge in [0.25, 0.3) is 5.91 Å². The molecule has 0 aliphatic rings. The van der Waals surface area contributed by atoms with Gasteiger partial charge >= 0.3 is 0 Å². The summed E-state index contributed by atoms with van der Waals surface area (Å²) >= 11 is 0. The van der Waals surface area contributed by atoms with Crippen molar-refractivity contribution in [1.29, 1.82) is 0 Å². The highest BCUT2D eigenvalue weighted by molar-refractivity contribution is 6.00. The predicted octanol–water partition coefficient (Wildman–Crippen LogP) is 1.32. The number of hydrogen-bond acceptors (Lipinski definition) is 4. The maximum atomic E-state index is 11.1. The topological polar surface area (TPSA) is 70.9 Å². The van der Waals surface area contributed by atoms with Gasteiger partial charge in [0, 0.05) is 12.6 Å². The zero-order valence-electron chi connectivity index (χ0n) is 10.2. The molecular weight excluding hydrogens is 220 g/mol. The lowest BCUT2D eigenvalue weighted by molar-refractivity contribution is -0.122. The van der Waals surface area contributed by atoms with Gasteiger partial charge in [0.05, 0.1) is 5.71 Å². The van der Waals surface area contributed by atoms with Crippen LogP contribution in [0.4, 0.5) is 0 Å². The number of amides is 1. The molecule has 0 saturated carbocycles. The van der Waals surface area contributed by atoms with Gasteiger partial charge in [-0.05, 0) is 31.5 Å². The van der Waals surface area contributed by atoms with Crippen LogP contribution in [0, 0.1) is 6.92 Å². The second-order valence-electron chi connectivity index (χ2n) is 3.65. The molecule has 0 atom stereocenters. The molecule has 17 heavy (non-hydrogen) atoms. The minimum absolute atomic E-state index is 0.0638. The molecule has 1 amide bonds. The number of carbonyl (C=O) groups excluding carboxylic acids is 1. The van der Waals surface area contributed by atoms with Gasteiger partial charge in [0.1, 0.15) is 5.75 Å². The molecule has 0 spiro atoms. The van der Waals surface area contributed by atoms with Crippen molar-refractivity contribution in [3.63, 3.8) is 0 Å². The lowest BCUT2D eigenvalue weighted by atomic mass is 10.1. The van der Waals surface area contributed by atoms with E-state index in [0.717, 1.165) is 5.56 Å². The van der Waals surface area contributed by atoms with Crippen LogP contribution < -0.4 is 10.1 Å². The molecule has 5 heteroatoms. The summed E-state index contributed by atoms with van der Waals surface area (Å²) in [5.41, 5.74) is 2.12. The lowest BCUT2D eigenvalue weighted by Crippen LogP contribution is -2.25. The van der Waals surface area contributed by atoms with E-state index in [2.05, 4.69) is 10.5 Å². The molecule has 92 valence electrons. The molecule has 0 unspecified atom stereocenters. The Morgan fingerprint density at radius 3 is 2.82 bits per heavy atom. The Hall–Kier alpha value is -2.04. The highest BCUT2D eigenvalue weighted by Crippen LogP contribution is 2.21. The molecule has 0 aliphatic heterocycles. The number of nitrogens with one attached hydrogen (secondary N) is 1. The van der Waals surface area contributed by atoms with Gasteiger partial charge in [0.2, 0.25) is 0 Å². The van der Waals surface area contributed by atoms with Gasteiger partial charge in [-0.1, -0.05) is 11.2 Å². The first kappa shape index (κ1) is 13.0. The Bertz CT molecular complexity index is 441. The Balaban J connectivity index is 2.95. The first-order valence-corrected chi connectivity index (χ1v) is 5.21. The van der Waals surface area contributed by atoms with Crippen LogP contribution in [0.1, 0.15) is 18.1 Å². The van der Waals surface area contributed by atoms with Crippen molar-refractivity contribution in [1.82, 2.24) is 5.32 Å². The van der Waals surface area contributed by atoms with Gasteiger partial charge < -0.3 is 15.3 Å². The number of carbonyl (C=O) groups is 1. The summed E-state index contributed by atoms with van der Waals surface area (Å²) in [4.78, 5) is 11.1. The third kappa shape index (κ3) is 3.48. The molecule has 0 aromatic heterocycles. The fourth-order valence-electron chi connectivity index (χ4n) is 1.32. The van der Waals surface area contributed by atoms with Crippen molar-refractivity contribution in [2.75, 3.05) is 13.7 Å². The van der Waals surface area contributed by atoms with E-state index < -0.39 is 0 Å². The molecule has 2 N–H and O–H groups in total. The second kappa shape index (κ2) is 5.89. The minimum atomic E-state index is -0.212. The lowest BCUT2D eigenvalue weighted by Gasteiger charge is -2.11. The highest BCUT2D eigenvalue weighted by atomic mass is 16.5. The maximum absolute atomic E-state index is 11.1. The van der Waals surface area contributed by atoms with Crippen LogP contribution >= 0.6 is 0 Å². The first-order valence-electron chi connectivity index (χ1n) is 5.21. The van der Waals surface area contributed by atoms with Gasteiger partial charge in [-0.3, -0.25) is 4.79 Å². The molecule has 0 heterocycles. The fraction of sp³-hybridized carbons (Fsp3) is 0.333. The number of ether oxygens (including phenoxy) is 1. The van der Waals surface area contributed by atoms with Crippen LogP contribution in [0.2, 0.25) is 0 Å². The summed E-state index contributed by atoms with van der Waals surface area (Å²) in [6.07, 6.45) is 0. The quantitative estimate of drug-likeness (QED) is 0.470. The number of hydrogen-bond donors (Lipinski definition) is 2. The zero-order chi connectivity index (χ0) is 12.8. The first-order chi connectivity index (χ1) is 8.08. The van der Waals surface area contributed by atoms with Gasteiger partial charge in [-0.25, -0.2) is 0 Å². The van der Waals surface area contributed by atoms with E-state index in [9.17, 15) is 4.79 Å². The molecular formula is C12H16N2O3. The van der Waals surface area contributed by atoms with Gasteiger partial charge in [-0.2, -0.15) is 0 Å². The van der Waals surface area contributed by atoms with Crippen LogP contribution in [0.15, 0.2) is 23.4 Å². The number of nitrogens with zero attached hydrogens (tertiary/aromatic N) is 1. The van der Waals surface area contributed by atoms with E-state index in [1.807, 2.05) is 13.0 Å². The van der Waals surface area contributed by atoms with Crippen molar-refractivity contribution >= 4 is 11.6 Å². The number of aryl methyl sites for hydroxylation is 1. The average Bonchev–Trinajstić information content (AvgIpc) is 2.35.